The zero-order valence-corrected chi connectivity index (χ0v) is 11.7. The van der Waals surface area contributed by atoms with Gasteiger partial charge in [-0.3, -0.25) is 0 Å². The van der Waals surface area contributed by atoms with E-state index in [-0.39, 0.29) is 0 Å². The highest BCUT2D eigenvalue weighted by atomic mass is 35.5. The summed E-state index contributed by atoms with van der Waals surface area (Å²) in [5.74, 6) is 1.57. The van der Waals surface area contributed by atoms with E-state index in [1.807, 2.05) is 30.3 Å². The number of benzene rings is 2. The second kappa shape index (κ2) is 7.46. The van der Waals surface area contributed by atoms with E-state index < -0.39 is 0 Å². The summed E-state index contributed by atoms with van der Waals surface area (Å²) >= 11 is 5.79. The van der Waals surface area contributed by atoms with E-state index >= 15 is 0 Å². The summed E-state index contributed by atoms with van der Waals surface area (Å²) in [7, 11) is 0. The Morgan fingerprint density at radius 2 is 1.60 bits per heavy atom. The number of ether oxygens (including phenoxy) is 2. The molecule has 104 valence electrons. The molecule has 0 heterocycles. The van der Waals surface area contributed by atoms with E-state index in [1.54, 1.807) is 30.5 Å². The van der Waals surface area contributed by atoms with Gasteiger partial charge < -0.3 is 15.2 Å². The lowest BCUT2D eigenvalue weighted by atomic mass is 10.3. The molecular formula is C16H16ClNO2. The standard InChI is InChI=1S/C16H16ClNO2/c17-13-3-7-15(8-4-13)19-11-1-2-12-20-16-9-5-14(18)6-10-16/h2-10,12H,1,11,18H2. The molecule has 0 aromatic heterocycles. The Morgan fingerprint density at radius 1 is 0.950 bits per heavy atom. The van der Waals surface area contributed by atoms with Crippen LogP contribution in [0.3, 0.4) is 0 Å². The second-order valence-corrected chi connectivity index (χ2v) is 4.59. The number of nitrogen functional groups attached to an aromatic ring is 1. The van der Waals surface area contributed by atoms with Crippen molar-refractivity contribution in [3.63, 3.8) is 0 Å². The first-order chi connectivity index (χ1) is 9.74. The Morgan fingerprint density at radius 3 is 2.30 bits per heavy atom. The zero-order chi connectivity index (χ0) is 14.2. The van der Waals surface area contributed by atoms with E-state index in [2.05, 4.69) is 0 Å². The van der Waals surface area contributed by atoms with Gasteiger partial charge in [-0.2, -0.15) is 0 Å². The maximum atomic E-state index is 5.79. The molecule has 0 fully saturated rings. The smallest absolute Gasteiger partial charge is 0.126 e. The minimum Gasteiger partial charge on any atom is -0.493 e. The summed E-state index contributed by atoms with van der Waals surface area (Å²) in [4.78, 5) is 0. The number of anilines is 1. The van der Waals surface area contributed by atoms with Gasteiger partial charge in [0, 0.05) is 17.1 Å². The molecule has 0 bridgehead atoms. The SMILES string of the molecule is Nc1ccc(OC=CCCOc2ccc(Cl)cc2)cc1. The van der Waals surface area contributed by atoms with E-state index in [0.29, 0.717) is 11.6 Å². The molecule has 3 nitrogen and oxygen atoms in total. The molecule has 0 aliphatic heterocycles. The fraction of sp³-hybridized carbons (Fsp3) is 0.125. The molecule has 0 saturated carbocycles. The van der Waals surface area contributed by atoms with Gasteiger partial charge >= 0.3 is 0 Å². The summed E-state index contributed by atoms with van der Waals surface area (Å²) in [5.41, 5.74) is 6.31. The Balaban J connectivity index is 1.66. The van der Waals surface area contributed by atoms with Gasteiger partial charge in [-0.15, -0.1) is 0 Å². The summed E-state index contributed by atoms with van der Waals surface area (Å²) in [5, 5.41) is 0.703. The molecule has 0 spiro atoms. The maximum Gasteiger partial charge on any atom is 0.126 e. The summed E-state index contributed by atoms with van der Waals surface area (Å²) < 4.78 is 11.0. The molecule has 0 atom stereocenters. The van der Waals surface area contributed by atoms with Gasteiger partial charge in [-0.05, 0) is 54.6 Å². The van der Waals surface area contributed by atoms with Crippen LogP contribution in [0.1, 0.15) is 6.42 Å². The number of rotatable bonds is 6. The monoisotopic (exact) mass is 289 g/mol. The fourth-order valence-corrected chi connectivity index (χ4v) is 1.64. The van der Waals surface area contributed by atoms with Gasteiger partial charge in [0.15, 0.2) is 0 Å². The van der Waals surface area contributed by atoms with Crippen molar-refractivity contribution in [2.45, 2.75) is 6.42 Å². The zero-order valence-electron chi connectivity index (χ0n) is 11.0. The van der Waals surface area contributed by atoms with Gasteiger partial charge in [0.2, 0.25) is 0 Å². The number of nitrogens with two attached hydrogens (primary N) is 1. The highest BCUT2D eigenvalue weighted by Crippen LogP contribution is 2.16. The van der Waals surface area contributed by atoms with E-state index in [9.17, 15) is 0 Å². The van der Waals surface area contributed by atoms with Crippen LogP contribution < -0.4 is 15.2 Å². The van der Waals surface area contributed by atoms with Crippen LogP contribution in [0.2, 0.25) is 5.02 Å². The molecule has 2 aromatic rings. The molecule has 2 aromatic carbocycles. The molecule has 0 unspecified atom stereocenters. The first-order valence-corrected chi connectivity index (χ1v) is 6.67. The number of halogens is 1. The molecule has 2 N–H and O–H groups in total. The van der Waals surface area contributed by atoms with Gasteiger partial charge in [0.05, 0.1) is 12.9 Å². The molecule has 0 amide bonds. The van der Waals surface area contributed by atoms with Crippen molar-refractivity contribution < 1.29 is 9.47 Å². The van der Waals surface area contributed by atoms with Crippen LogP contribution in [-0.2, 0) is 0 Å². The molecule has 0 aliphatic rings. The highest BCUT2D eigenvalue weighted by Gasteiger charge is 1.93. The third kappa shape index (κ3) is 4.86. The van der Waals surface area contributed by atoms with E-state index in [1.165, 1.54) is 0 Å². The van der Waals surface area contributed by atoms with Crippen LogP contribution in [0.15, 0.2) is 60.9 Å². The molecule has 20 heavy (non-hydrogen) atoms. The van der Waals surface area contributed by atoms with Crippen molar-refractivity contribution in [2.24, 2.45) is 0 Å². The molecule has 4 heteroatoms. The van der Waals surface area contributed by atoms with Crippen molar-refractivity contribution in [1.82, 2.24) is 0 Å². The van der Waals surface area contributed by atoms with Gasteiger partial charge in [-0.25, -0.2) is 0 Å². The largest absolute Gasteiger partial charge is 0.493 e. The van der Waals surface area contributed by atoms with Crippen LogP contribution in [0.4, 0.5) is 5.69 Å². The van der Waals surface area contributed by atoms with Crippen molar-refractivity contribution >= 4 is 17.3 Å². The van der Waals surface area contributed by atoms with Gasteiger partial charge in [0.1, 0.15) is 11.5 Å². The van der Waals surface area contributed by atoms with Crippen molar-refractivity contribution in [1.29, 1.82) is 0 Å². The Kier molecular flexibility index (Phi) is 5.33. The minimum atomic E-state index is 0.587. The highest BCUT2D eigenvalue weighted by molar-refractivity contribution is 6.30. The molecular weight excluding hydrogens is 274 g/mol. The number of hydrogen-bond acceptors (Lipinski definition) is 3. The first kappa shape index (κ1) is 14.3. The predicted molar refractivity (Wildman–Crippen MR) is 82.2 cm³/mol. The quantitative estimate of drug-likeness (QED) is 0.490. The minimum absolute atomic E-state index is 0.587. The molecule has 0 aliphatic carbocycles. The molecule has 0 radical (unpaired) electrons. The number of hydrogen-bond donors (Lipinski definition) is 1. The van der Waals surface area contributed by atoms with Gasteiger partial charge in [0.25, 0.3) is 0 Å². The Labute approximate surface area is 123 Å². The van der Waals surface area contributed by atoms with E-state index in [4.69, 9.17) is 26.8 Å². The fourth-order valence-electron chi connectivity index (χ4n) is 1.52. The lowest BCUT2D eigenvalue weighted by Crippen LogP contribution is -1.95. The normalized spacial score (nSPS) is 10.7. The topological polar surface area (TPSA) is 44.5 Å². The maximum absolute atomic E-state index is 5.79. The summed E-state index contributed by atoms with van der Waals surface area (Å²) in [6.45, 7) is 0.587. The third-order valence-electron chi connectivity index (χ3n) is 2.55. The van der Waals surface area contributed by atoms with Crippen LogP contribution in [0.5, 0.6) is 11.5 Å². The van der Waals surface area contributed by atoms with Gasteiger partial charge in [-0.1, -0.05) is 11.6 Å². The lowest BCUT2D eigenvalue weighted by Gasteiger charge is -2.04. The summed E-state index contributed by atoms with van der Waals surface area (Å²) in [6, 6.07) is 14.5. The van der Waals surface area contributed by atoms with Crippen molar-refractivity contribution in [3.05, 3.63) is 65.9 Å². The molecule has 2 rings (SSSR count). The van der Waals surface area contributed by atoms with Crippen molar-refractivity contribution in [2.75, 3.05) is 12.3 Å². The van der Waals surface area contributed by atoms with Crippen LogP contribution in [0.25, 0.3) is 0 Å². The molecule has 0 saturated heterocycles. The predicted octanol–water partition coefficient (Wildman–Crippen LogP) is 4.28. The Hall–Kier alpha value is -2.13. The van der Waals surface area contributed by atoms with E-state index in [0.717, 1.165) is 23.6 Å². The van der Waals surface area contributed by atoms with Crippen LogP contribution in [0, 0.1) is 0 Å². The summed E-state index contributed by atoms with van der Waals surface area (Å²) in [6.07, 6.45) is 4.32. The Bertz CT molecular complexity index is 550. The van der Waals surface area contributed by atoms with Crippen LogP contribution >= 0.6 is 11.6 Å². The second-order valence-electron chi connectivity index (χ2n) is 4.15. The van der Waals surface area contributed by atoms with Crippen molar-refractivity contribution in [3.8, 4) is 11.5 Å². The average molecular weight is 290 g/mol. The average Bonchev–Trinajstić information content (AvgIpc) is 2.46. The lowest BCUT2D eigenvalue weighted by molar-refractivity contribution is 0.323. The first-order valence-electron chi connectivity index (χ1n) is 6.29. The third-order valence-corrected chi connectivity index (χ3v) is 2.80. The van der Waals surface area contributed by atoms with Crippen LogP contribution in [-0.4, -0.2) is 6.61 Å².